The van der Waals surface area contributed by atoms with Crippen LogP contribution in [0.5, 0.6) is 0 Å². The molecule has 28 heavy (non-hydrogen) atoms. The van der Waals surface area contributed by atoms with Crippen molar-refractivity contribution in [2.45, 2.75) is 46.4 Å². The van der Waals surface area contributed by atoms with E-state index in [1.807, 2.05) is 28.8 Å². The lowest BCUT2D eigenvalue weighted by Crippen LogP contribution is -2.36. The molecule has 4 rings (SSSR count). The van der Waals surface area contributed by atoms with Crippen LogP contribution in [0.2, 0.25) is 0 Å². The fourth-order valence-corrected chi connectivity index (χ4v) is 3.83. The molecule has 0 radical (unpaired) electrons. The van der Waals surface area contributed by atoms with Crippen LogP contribution in [0.15, 0.2) is 36.7 Å². The highest BCUT2D eigenvalue weighted by molar-refractivity contribution is 5.77. The minimum atomic E-state index is 0.0326. The van der Waals surface area contributed by atoms with Crippen molar-refractivity contribution < 1.29 is 4.79 Å². The maximum Gasteiger partial charge on any atom is 0.222 e. The van der Waals surface area contributed by atoms with Crippen LogP contribution < -0.4 is 5.32 Å². The SMILES string of the molecule is CC(C)CN1CCn2nc(CNC(=O)CCn3cnc4ccccc43)cc2C1. The lowest BCUT2D eigenvalue weighted by Gasteiger charge is -2.28. The van der Waals surface area contributed by atoms with Crippen molar-refractivity contribution >= 4 is 16.9 Å². The van der Waals surface area contributed by atoms with Crippen molar-refractivity contribution in [3.05, 3.63) is 48.0 Å². The summed E-state index contributed by atoms with van der Waals surface area (Å²) in [6.07, 6.45) is 2.22. The van der Waals surface area contributed by atoms with Crippen LogP contribution in [-0.4, -0.2) is 43.2 Å². The molecule has 0 atom stereocenters. The van der Waals surface area contributed by atoms with Gasteiger partial charge in [-0.15, -0.1) is 0 Å². The number of para-hydroxylation sites is 2. The summed E-state index contributed by atoms with van der Waals surface area (Å²) in [6.45, 7) is 9.61. The maximum absolute atomic E-state index is 12.3. The maximum atomic E-state index is 12.3. The average molecular weight is 380 g/mol. The fourth-order valence-electron chi connectivity index (χ4n) is 3.83. The molecule has 3 heterocycles. The second-order valence-electron chi connectivity index (χ2n) is 7.93. The molecular formula is C21H28N6O. The monoisotopic (exact) mass is 380 g/mol. The molecule has 0 unspecified atom stereocenters. The lowest BCUT2D eigenvalue weighted by molar-refractivity contribution is -0.121. The largest absolute Gasteiger partial charge is 0.350 e. The third-order valence-corrected chi connectivity index (χ3v) is 5.12. The highest BCUT2D eigenvalue weighted by Crippen LogP contribution is 2.15. The summed E-state index contributed by atoms with van der Waals surface area (Å²) < 4.78 is 4.10. The normalized spacial score (nSPS) is 14.5. The van der Waals surface area contributed by atoms with E-state index >= 15 is 0 Å². The number of carbonyl (C=O) groups excluding carboxylic acids is 1. The summed E-state index contributed by atoms with van der Waals surface area (Å²) in [6, 6.07) is 10.1. The number of rotatable bonds is 7. The minimum absolute atomic E-state index is 0.0326. The van der Waals surface area contributed by atoms with E-state index in [1.54, 1.807) is 6.33 Å². The Kier molecular flexibility index (Phi) is 5.43. The van der Waals surface area contributed by atoms with Gasteiger partial charge in [-0.2, -0.15) is 5.10 Å². The van der Waals surface area contributed by atoms with Crippen LogP contribution in [0.4, 0.5) is 0 Å². The first-order valence-corrected chi connectivity index (χ1v) is 10.0. The standard InChI is InChI=1S/C21H28N6O/c1-16(2)13-25-9-10-27-18(14-25)11-17(24-27)12-22-21(28)7-8-26-15-23-19-5-3-4-6-20(19)26/h3-6,11,15-16H,7-10,12-14H2,1-2H3,(H,22,28). The Balaban J connectivity index is 1.28. The van der Waals surface area contributed by atoms with Gasteiger partial charge < -0.3 is 9.88 Å². The molecule has 7 nitrogen and oxygen atoms in total. The second-order valence-corrected chi connectivity index (χ2v) is 7.93. The summed E-state index contributed by atoms with van der Waals surface area (Å²) in [5, 5.41) is 7.65. The van der Waals surface area contributed by atoms with Gasteiger partial charge in [0.15, 0.2) is 0 Å². The topological polar surface area (TPSA) is 68.0 Å². The van der Waals surface area contributed by atoms with Gasteiger partial charge in [0.25, 0.3) is 0 Å². The number of carbonyl (C=O) groups is 1. The van der Waals surface area contributed by atoms with Crippen molar-refractivity contribution in [3.63, 3.8) is 0 Å². The van der Waals surface area contributed by atoms with Crippen LogP contribution in [0.25, 0.3) is 11.0 Å². The van der Waals surface area contributed by atoms with Gasteiger partial charge in [-0.3, -0.25) is 14.4 Å². The van der Waals surface area contributed by atoms with Gasteiger partial charge in [0, 0.05) is 32.6 Å². The van der Waals surface area contributed by atoms with Gasteiger partial charge in [0.1, 0.15) is 0 Å². The second kappa shape index (κ2) is 8.14. The first-order valence-electron chi connectivity index (χ1n) is 10.0. The number of aromatic nitrogens is 4. The van der Waals surface area contributed by atoms with Crippen molar-refractivity contribution in [1.82, 2.24) is 29.5 Å². The van der Waals surface area contributed by atoms with Crippen LogP contribution in [-0.2, 0) is 31.0 Å². The Morgan fingerprint density at radius 3 is 2.96 bits per heavy atom. The molecular weight excluding hydrogens is 352 g/mol. The first-order chi connectivity index (χ1) is 13.6. The van der Waals surface area contributed by atoms with Gasteiger partial charge in [0.2, 0.25) is 5.91 Å². The highest BCUT2D eigenvalue weighted by atomic mass is 16.1. The third-order valence-electron chi connectivity index (χ3n) is 5.12. The van der Waals surface area contributed by atoms with E-state index in [2.05, 4.69) is 44.9 Å². The highest BCUT2D eigenvalue weighted by Gasteiger charge is 2.19. The van der Waals surface area contributed by atoms with Crippen LogP contribution in [0.3, 0.4) is 0 Å². The molecule has 0 saturated heterocycles. The zero-order valence-electron chi connectivity index (χ0n) is 16.6. The Morgan fingerprint density at radius 1 is 1.25 bits per heavy atom. The van der Waals surface area contributed by atoms with Crippen molar-refractivity contribution in [3.8, 4) is 0 Å². The molecule has 0 aliphatic carbocycles. The third kappa shape index (κ3) is 4.25. The Morgan fingerprint density at radius 2 is 2.11 bits per heavy atom. The summed E-state index contributed by atoms with van der Waals surface area (Å²) >= 11 is 0. The van der Waals surface area contributed by atoms with Gasteiger partial charge in [-0.05, 0) is 24.1 Å². The van der Waals surface area contributed by atoms with Crippen LogP contribution in [0.1, 0.15) is 31.7 Å². The summed E-state index contributed by atoms with van der Waals surface area (Å²) in [7, 11) is 0. The molecule has 1 aliphatic heterocycles. The zero-order valence-corrected chi connectivity index (χ0v) is 16.6. The van der Waals surface area contributed by atoms with Crippen LogP contribution >= 0.6 is 0 Å². The van der Waals surface area contributed by atoms with E-state index in [0.717, 1.165) is 42.9 Å². The first kappa shape index (κ1) is 18.7. The quantitative estimate of drug-likeness (QED) is 0.683. The molecule has 2 aromatic heterocycles. The lowest BCUT2D eigenvalue weighted by atomic mass is 10.2. The molecule has 0 saturated carbocycles. The van der Waals surface area contributed by atoms with E-state index in [-0.39, 0.29) is 5.91 Å². The molecule has 1 N–H and O–H groups in total. The number of hydrogen-bond donors (Lipinski definition) is 1. The Bertz CT molecular complexity index is 957. The van der Waals surface area contributed by atoms with Crippen molar-refractivity contribution in [2.24, 2.45) is 5.92 Å². The summed E-state index contributed by atoms with van der Waals surface area (Å²) in [5.74, 6) is 0.700. The van der Waals surface area contributed by atoms with E-state index < -0.39 is 0 Å². The van der Waals surface area contributed by atoms with Gasteiger partial charge in [0.05, 0.1) is 41.8 Å². The summed E-state index contributed by atoms with van der Waals surface area (Å²) in [4.78, 5) is 19.1. The molecule has 0 fully saturated rings. The molecule has 7 heteroatoms. The number of imidazole rings is 1. The molecule has 1 aromatic carbocycles. The van der Waals surface area contributed by atoms with E-state index in [9.17, 15) is 4.79 Å². The van der Waals surface area contributed by atoms with Crippen molar-refractivity contribution in [2.75, 3.05) is 13.1 Å². The minimum Gasteiger partial charge on any atom is -0.350 e. The zero-order chi connectivity index (χ0) is 19.5. The molecule has 0 spiro atoms. The molecule has 3 aromatic rings. The Labute approximate surface area is 165 Å². The number of aryl methyl sites for hydroxylation is 1. The number of fused-ring (bicyclic) bond motifs is 2. The van der Waals surface area contributed by atoms with E-state index in [4.69, 9.17) is 0 Å². The van der Waals surface area contributed by atoms with E-state index in [1.165, 1.54) is 5.69 Å². The average Bonchev–Trinajstić information content (AvgIpc) is 3.27. The van der Waals surface area contributed by atoms with Gasteiger partial charge >= 0.3 is 0 Å². The molecule has 1 amide bonds. The predicted octanol–water partition coefficient (Wildman–Crippen LogP) is 2.41. The number of nitrogens with zero attached hydrogens (tertiary/aromatic N) is 5. The predicted molar refractivity (Wildman–Crippen MR) is 109 cm³/mol. The number of benzene rings is 1. The van der Waals surface area contributed by atoms with Gasteiger partial charge in [-0.1, -0.05) is 26.0 Å². The molecule has 1 aliphatic rings. The van der Waals surface area contributed by atoms with Gasteiger partial charge in [-0.25, -0.2) is 4.98 Å². The smallest absolute Gasteiger partial charge is 0.222 e. The van der Waals surface area contributed by atoms with E-state index in [0.29, 0.717) is 25.4 Å². The van der Waals surface area contributed by atoms with Crippen molar-refractivity contribution in [1.29, 1.82) is 0 Å². The molecule has 0 bridgehead atoms. The summed E-state index contributed by atoms with van der Waals surface area (Å²) in [5.41, 5.74) is 4.19. The Hall–Kier alpha value is -2.67. The number of hydrogen-bond acceptors (Lipinski definition) is 4. The molecule has 148 valence electrons. The van der Waals surface area contributed by atoms with Crippen LogP contribution in [0, 0.1) is 5.92 Å². The fraction of sp³-hybridized carbons (Fsp3) is 0.476. The number of nitrogens with one attached hydrogen (secondary N) is 1. The number of amides is 1.